The van der Waals surface area contributed by atoms with Gasteiger partial charge in [0.15, 0.2) is 0 Å². The maximum absolute atomic E-state index is 12.1. The maximum atomic E-state index is 12.1. The zero-order chi connectivity index (χ0) is 13.1. The average Bonchev–Trinajstić information content (AvgIpc) is 2.33. The van der Waals surface area contributed by atoms with Gasteiger partial charge < -0.3 is 5.73 Å². The van der Waals surface area contributed by atoms with E-state index in [0.717, 1.165) is 5.56 Å². The Hall–Kier alpha value is -1.10. The van der Waals surface area contributed by atoms with Gasteiger partial charge in [0.2, 0.25) is 0 Å². The van der Waals surface area contributed by atoms with Crippen LogP contribution >= 0.6 is 23.2 Å². The maximum Gasteiger partial charge on any atom is 0.150 e. The zero-order valence-corrected chi connectivity index (χ0v) is 11.6. The van der Waals surface area contributed by atoms with Crippen LogP contribution in [0.15, 0.2) is 41.6 Å². The summed E-state index contributed by atoms with van der Waals surface area (Å²) in [6.07, 6.45) is 1.56. The molecule has 6 heteroatoms. The Bertz CT molecular complexity index is 604. The largest absolute Gasteiger partial charge is 0.396 e. The fourth-order valence-corrected chi connectivity index (χ4v) is 3.18. The molecule has 2 rings (SSSR count). The van der Waals surface area contributed by atoms with Gasteiger partial charge in [-0.25, -0.2) is 4.98 Å². The summed E-state index contributed by atoms with van der Waals surface area (Å²) in [4.78, 5) is 4.03. The Labute approximate surface area is 117 Å². The highest BCUT2D eigenvalue weighted by molar-refractivity contribution is 7.84. The molecular formula is C12H10Cl2N2OS. The SMILES string of the molecule is Nc1cccnc1S(=O)Cc1ccc(Cl)cc1Cl. The Kier molecular flexibility index (Phi) is 4.22. The topological polar surface area (TPSA) is 56.0 Å². The van der Waals surface area contributed by atoms with Gasteiger partial charge in [0, 0.05) is 16.2 Å². The Balaban J connectivity index is 2.24. The van der Waals surface area contributed by atoms with E-state index in [9.17, 15) is 4.21 Å². The molecule has 1 heterocycles. The molecular weight excluding hydrogens is 291 g/mol. The van der Waals surface area contributed by atoms with Gasteiger partial charge in [-0.2, -0.15) is 0 Å². The van der Waals surface area contributed by atoms with Crippen LogP contribution in [0.3, 0.4) is 0 Å². The number of hydrogen-bond acceptors (Lipinski definition) is 3. The summed E-state index contributed by atoms with van der Waals surface area (Å²) in [5, 5.41) is 1.42. The molecule has 1 aromatic carbocycles. The second kappa shape index (κ2) is 5.69. The Morgan fingerprint density at radius 1 is 1.28 bits per heavy atom. The van der Waals surface area contributed by atoms with Crippen molar-refractivity contribution in [1.82, 2.24) is 4.98 Å². The monoisotopic (exact) mass is 300 g/mol. The van der Waals surface area contributed by atoms with E-state index in [1.165, 1.54) is 0 Å². The number of rotatable bonds is 3. The molecule has 0 saturated heterocycles. The highest BCUT2D eigenvalue weighted by Crippen LogP contribution is 2.24. The first-order chi connectivity index (χ1) is 8.58. The first-order valence-corrected chi connectivity index (χ1v) is 7.18. The molecule has 1 unspecified atom stereocenters. The van der Waals surface area contributed by atoms with Crippen LogP contribution in [0.2, 0.25) is 10.0 Å². The summed E-state index contributed by atoms with van der Waals surface area (Å²) in [5.74, 6) is 0.261. The standard InChI is InChI=1S/C12H10Cl2N2OS/c13-9-4-3-8(10(14)6-9)7-18(17)12-11(15)2-1-5-16-12/h1-6H,7,15H2. The van der Waals surface area contributed by atoms with Crippen LogP contribution in [0, 0.1) is 0 Å². The molecule has 0 aliphatic heterocycles. The van der Waals surface area contributed by atoms with Gasteiger partial charge in [-0.15, -0.1) is 0 Å². The Morgan fingerprint density at radius 3 is 2.72 bits per heavy atom. The van der Waals surface area contributed by atoms with Crippen LogP contribution in [0.4, 0.5) is 5.69 Å². The average molecular weight is 301 g/mol. The zero-order valence-electron chi connectivity index (χ0n) is 9.27. The first kappa shape index (κ1) is 13.3. The van der Waals surface area contributed by atoms with Crippen molar-refractivity contribution >= 4 is 39.7 Å². The van der Waals surface area contributed by atoms with E-state index in [2.05, 4.69) is 4.98 Å². The molecule has 18 heavy (non-hydrogen) atoms. The van der Waals surface area contributed by atoms with Crippen LogP contribution in [-0.2, 0) is 16.6 Å². The van der Waals surface area contributed by atoms with E-state index < -0.39 is 10.8 Å². The predicted molar refractivity (Wildman–Crippen MR) is 75.2 cm³/mol. The van der Waals surface area contributed by atoms with E-state index in [0.29, 0.717) is 20.8 Å². The molecule has 2 aromatic rings. The number of nitrogens with two attached hydrogens (primary N) is 1. The molecule has 0 amide bonds. The van der Waals surface area contributed by atoms with Gasteiger partial charge in [0.1, 0.15) is 5.03 Å². The fraction of sp³-hybridized carbons (Fsp3) is 0.0833. The van der Waals surface area contributed by atoms with Gasteiger partial charge in [-0.05, 0) is 29.8 Å². The van der Waals surface area contributed by atoms with Crippen LogP contribution in [0.5, 0.6) is 0 Å². The van der Waals surface area contributed by atoms with Crippen LogP contribution in [-0.4, -0.2) is 9.19 Å². The number of anilines is 1. The lowest BCUT2D eigenvalue weighted by atomic mass is 10.2. The summed E-state index contributed by atoms with van der Waals surface area (Å²) in [6, 6.07) is 8.45. The smallest absolute Gasteiger partial charge is 0.150 e. The van der Waals surface area contributed by atoms with Crippen LogP contribution in [0.1, 0.15) is 5.56 Å². The summed E-state index contributed by atoms with van der Waals surface area (Å²) >= 11 is 11.8. The molecule has 0 aliphatic carbocycles. The third-order valence-electron chi connectivity index (χ3n) is 2.32. The lowest BCUT2D eigenvalue weighted by Gasteiger charge is -2.06. The van der Waals surface area contributed by atoms with E-state index in [1.807, 2.05) is 0 Å². The second-order valence-electron chi connectivity index (χ2n) is 3.62. The molecule has 94 valence electrons. The van der Waals surface area contributed by atoms with Crippen molar-refractivity contribution in [2.75, 3.05) is 5.73 Å². The predicted octanol–water partition coefficient (Wildman–Crippen LogP) is 3.28. The van der Waals surface area contributed by atoms with Crippen molar-refractivity contribution in [1.29, 1.82) is 0 Å². The molecule has 2 N–H and O–H groups in total. The van der Waals surface area contributed by atoms with Crippen molar-refractivity contribution in [2.45, 2.75) is 10.8 Å². The van der Waals surface area contributed by atoms with Gasteiger partial charge in [-0.1, -0.05) is 29.3 Å². The highest BCUT2D eigenvalue weighted by atomic mass is 35.5. The van der Waals surface area contributed by atoms with E-state index in [1.54, 1.807) is 36.5 Å². The number of pyridine rings is 1. The van der Waals surface area contributed by atoms with Gasteiger partial charge in [-0.3, -0.25) is 4.21 Å². The van der Waals surface area contributed by atoms with Crippen LogP contribution in [0.25, 0.3) is 0 Å². The van der Waals surface area contributed by atoms with Crippen molar-refractivity contribution in [3.05, 3.63) is 52.1 Å². The first-order valence-electron chi connectivity index (χ1n) is 5.10. The number of aromatic nitrogens is 1. The lowest BCUT2D eigenvalue weighted by Crippen LogP contribution is -2.03. The van der Waals surface area contributed by atoms with Crippen LogP contribution < -0.4 is 5.73 Å². The van der Waals surface area contributed by atoms with E-state index >= 15 is 0 Å². The third-order valence-corrected chi connectivity index (χ3v) is 4.25. The number of nitrogens with zero attached hydrogens (tertiary/aromatic N) is 1. The van der Waals surface area contributed by atoms with Crippen molar-refractivity contribution in [2.24, 2.45) is 0 Å². The number of hydrogen-bond donors (Lipinski definition) is 1. The third kappa shape index (κ3) is 3.02. The lowest BCUT2D eigenvalue weighted by molar-refractivity contribution is 0.680. The van der Waals surface area contributed by atoms with Crippen molar-refractivity contribution < 1.29 is 4.21 Å². The minimum absolute atomic E-state index is 0.261. The molecule has 0 fully saturated rings. The highest BCUT2D eigenvalue weighted by Gasteiger charge is 2.12. The molecule has 1 aromatic heterocycles. The molecule has 0 saturated carbocycles. The van der Waals surface area contributed by atoms with Gasteiger partial charge in [0.25, 0.3) is 0 Å². The fourth-order valence-electron chi connectivity index (χ4n) is 1.44. The summed E-state index contributed by atoms with van der Waals surface area (Å²) < 4.78 is 12.1. The Morgan fingerprint density at radius 2 is 2.06 bits per heavy atom. The quantitative estimate of drug-likeness (QED) is 0.946. The molecule has 0 aliphatic rings. The van der Waals surface area contributed by atoms with E-state index in [4.69, 9.17) is 28.9 Å². The van der Waals surface area contributed by atoms with Crippen molar-refractivity contribution in [3.8, 4) is 0 Å². The number of halogens is 2. The summed E-state index contributed by atoms with van der Waals surface area (Å²) in [7, 11) is -1.33. The van der Waals surface area contributed by atoms with Gasteiger partial charge in [0.05, 0.1) is 22.2 Å². The molecule has 0 radical (unpaired) electrons. The second-order valence-corrected chi connectivity index (χ2v) is 5.83. The molecule has 0 bridgehead atoms. The van der Waals surface area contributed by atoms with Crippen molar-refractivity contribution in [3.63, 3.8) is 0 Å². The van der Waals surface area contributed by atoms with E-state index in [-0.39, 0.29) is 5.75 Å². The molecule has 1 atom stereocenters. The minimum Gasteiger partial charge on any atom is -0.396 e. The number of nitrogen functional groups attached to an aromatic ring is 1. The summed E-state index contributed by atoms with van der Waals surface area (Å²) in [5.41, 5.74) is 6.90. The van der Waals surface area contributed by atoms with Gasteiger partial charge >= 0.3 is 0 Å². The molecule has 0 spiro atoms. The molecule has 3 nitrogen and oxygen atoms in total. The number of benzene rings is 1. The normalized spacial score (nSPS) is 12.3. The minimum atomic E-state index is -1.33. The summed E-state index contributed by atoms with van der Waals surface area (Å²) in [6.45, 7) is 0.